The molecule has 1 aliphatic heterocycles. The molecule has 0 aromatic heterocycles. The lowest BCUT2D eigenvalue weighted by atomic mass is 10.8. The van der Waals surface area contributed by atoms with Crippen molar-refractivity contribution >= 4 is 12.4 Å². The van der Waals surface area contributed by atoms with Crippen LogP contribution in [0, 0.1) is 0 Å². The maximum Gasteiger partial charge on any atom is 0.0897 e. The highest BCUT2D eigenvalue weighted by atomic mass is 16.8. The maximum atomic E-state index is 4.48. The summed E-state index contributed by atoms with van der Waals surface area (Å²) in [4.78, 5) is 4.48. The average molecular weight is 99.1 g/mol. The molecule has 4 nitrogen and oxygen atoms in total. The Labute approximate surface area is 41.0 Å². The zero-order valence-electron chi connectivity index (χ0n) is 3.90. The van der Waals surface area contributed by atoms with E-state index in [9.17, 15) is 0 Å². The van der Waals surface area contributed by atoms with Gasteiger partial charge in [-0.05, 0) is 0 Å². The van der Waals surface area contributed by atoms with E-state index in [0.717, 1.165) is 0 Å². The summed E-state index contributed by atoms with van der Waals surface area (Å²) in [5, 5.41) is 8.34. The Morgan fingerprint density at radius 2 is 2.43 bits per heavy atom. The van der Waals surface area contributed by atoms with Crippen LogP contribution in [0.5, 0.6) is 0 Å². The van der Waals surface area contributed by atoms with E-state index in [4.69, 9.17) is 0 Å². The Kier molecular flexibility index (Phi) is 0.934. The Morgan fingerprint density at radius 3 is 2.71 bits per heavy atom. The van der Waals surface area contributed by atoms with Gasteiger partial charge in [-0.2, -0.15) is 0 Å². The van der Waals surface area contributed by atoms with Gasteiger partial charge in [-0.1, -0.05) is 5.16 Å². The monoisotopic (exact) mass is 99.0 g/mol. The molecule has 0 spiro atoms. The second kappa shape index (κ2) is 1.59. The van der Waals surface area contributed by atoms with Gasteiger partial charge in [0.25, 0.3) is 0 Å². The molecule has 0 saturated heterocycles. The fourth-order valence-corrected chi connectivity index (χ4v) is 0.267. The quantitative estimate of drug-likeness (QED) is 0.423. The van der Waals surface area contributed by atoms with E-state index < -0.39 is 0 Å². The number of hydrogen-bond acceptors (Lipinski definition) is 4. The first kappa shape index (κ1) is 4.11. The number of rotatable bonds is 0. The van der Waals surface area contributed by atoms with Crippen LogP contribution in [0.15, 0.2) is 10.3 Å². The van der Waals surface area contributed by atoms with Gasteiger partial charge in [0.05, 0.1) is 19.5 Å². The summed E-state index contributed by atoms with van der Waals surface area (Å²) in [6.07, 6.45) is 3.02. The van der Waals surface area contributed by atoms with Crippen LogP contribution in [0.3, 0.4) is 0 Å². The smallest absolute Gasteiger partial charge is 0.0897 e. The van der Waals surface area contributed by atoms with Crippen molar-refractivity contribution in [3.05, 3.63) is 0 Å². The van der Waals surface area contributed by atoms with Crippen LogP contribution in [0.1, 0.15) is 0 Å². The lowest BCUT2D eigenvalue weighted by molar-refractivity contribution is -0.139. The SMILES string of the molecule is CN1N=CC=NO1. The second-order valence-corrected chi connectivity index (χ2v) is 1.06. The topological polar surface area (TPSA) is 37.2 Å². The van der Waals surface area contributed by atoms with Crippen LogP contribution in [0.4, 0.5) is 0 Å². The molecule has 0 aliphatic carbocycles. The summed E-state index contributed by atoms with van der Waals surface area (Å²) in [7, 11) is 1.66. The molecule has 38 valence electrons. The molecule has 1 rings (SSSR count). The van der Waals surface area contributed by atoms with Gasteiger partial charge in [0.2, 0.25) is 0 Å². The number of hydroxylamine groups is 1. The van der Waals surface area contributed by atoms with Crippen LogP contribution in [0.2, 0.25) is 0 Å². The molecule has 4 heteroatoms. The largest absolute Gasteiger partial charge is 0.251 e. The summed E-state index contributed by atoms with van der Waals surface area (Å²) in [5.41, 5.74) is 0. The fraction of sp³-hybridized carbons (Fsp3) is 0.333. The molecule has 0 radical (unpaired) electrons. The average Bonchev–Trinajstić information content (AvgIpc) is 1.69. The minimum atomic E-state index is 1.26. The Bertz CT molecular complexity index is 109. The molecule has 0 aromatic carbocycles. The van der Waals surface area contributed by atoms with Crippen molar-refractivity contribution in [3.8, 4) is 0 Å². The zero-order valence-corrected chi connectivity index (χ0v) is 3.90. The number of hydrazone groups is 1. The number of nitrogens with zero attached hydrogens (tertiary/aromatic N) is 3. The van der Waals surface area contributed by atoms with Crippen molar-refractivity contribution in [2.75, 3.05) is 7.05 Å². The van der Waals surface area contributed by atoms with Gasteiger partial charge in [0.15, 0.2) is 0 Å². The summed E-state index contributed by atoms with van der Waals surface area (Å²) in [6.45, 7) is 0. The Hall–Kier alpha value is -1.06. The molecule has 7 heavy (non-hydrogen) atoms. The summed E-state index contributed by atoms with van der Waals surface area (Å²) in [5.74, 6) is 0. The van der Waals surface area contributed by atoms with Gasteiger partial charge in [-0.25, -0.2) is 0 Å². The van der Waals surface area contributed by atoms with Crippen LogP contribution >= 0.6 is 0 Å². The Balaban J connectivity index is 2.49. The van der Waals surface area contributed by atoms with E-state index in [-0.39, 0.29) is 0 Å². The van der Waals surface area contributed by atoms with Gasteiger partial charge >= 0.3 is 0 Å². The Morgan fingerprint density at radius 1 is 1.57 bits per heavy atom. The first-order chi connectivity index (χ1) is 3.39. The highest BCUT2D eigenvalue weighted by molar-refractivity contribution is 6.15. The standard InChI is InChI=1S/C3H5N3O/c1-6-4-2-3-5-7-6/h2-3H,1H3. The normalized spacial score (nSPS) is 17.0. The first-order valence-electron chi connectivity index (χ1n) is 1.86. The molecule has 0 unspecified atom stereocenters. The van der Waals surface area contributed by atoms with Crippen LogP contribution in [0.25, 0.3) is 0 Å². The predicted octanol–water partition coefficient (Wildman–Crippen LogP) is -0.165. The molecule has 0 fully saturated rings. The molecule has 0 atom stereocenters. The third-order valence-corrected chi connectivity index (χ3v) is 0.522. The molecular weight excluding hydrogens is 94.1 g/mol. The zero-order chi connectivity index (χ0) is 5.11. The van der Waals surface area contributed by atoms with Crippen molar-refractivity contribution < 1.29 is 4.94 Å². The first-order valence-corrected chi connectivity index (χ1v) is 1.86. The molecule has 0 bridgehead atoms. The molecular formula is C3H5N3O. The molecule has 1 aliphatic rings. The van der Waals surface area contributed by atoms with Gasteiger partial charge in [0.1, 0.15) is 0 Å². The van der Waals surface area contributed by atoms with Gasteiger partial charge in [-0.15, -0.1) is 10.3 Å². The third-order valence-electron chi connectivity index (χ3n) is 0.522. The van der Waals surface area contributed by atoms with E-state index in [1.165, 1.54) is 11.4 Å². The van der Waals surface area contributed by atoms with E-state index >= 15 is 0 Å². The van der Waals surface area contributed by atoms with Crippen molar-refractivity contribution in [2.24, 2.45) is 10.3 Å². The lowest BCUT2D eigenvalue weighted by Gasteiger charge is -2.07. The molecule has 0 N–H and O–H groups in total. The maximum absolute atomic E-state index is 4.48. The van der Waals surface area contributed by atoms with Crippen LogP contribution in [-0.2, 0) is 4.94 Å². The number of oxime groups is 1. The molecule has 0 aromatic rings. The van der Waals surface area contributed by atoms with Gasteiger partial charge in [0, 0.05) is 0 Å². The lowest BCUT2D eigenvalue weighted by Crippen LogP contribution is -2.11. The summed E-state index contributed by atoms with van der Waals surface area (Å²) >= 11 is 0. The van der Waals surface area contributed by atoms with Crippen LogP contribution < -0.4 is 0 Å². The van der Waals surface area contributed by atoms with Crippen molar-refractivity contribution in [1.82, 2.24) is 5.17 Å². The van der Waals surface area contributed by atoms with Gasteiger partial charge < -0.3 is 0 Å². The van der Waals surface area contributed by atoms with E-state index in [1.54, 1.807) is 13.3 Å². The van der Waals surface area contributed by atoms with E-state index in [1.807, 2.05) is 0 Å². The molecule has 1 heterocycles. The molecule has 0 amide bonds. The fourth-order valence-electron chi connectivity index (χ4n) is 0.267. The highest BCUT2D eigenvalue weighted by Gasteiger charge is 1.89. The van der Waals surface area contributed by atoms with Crippen molar-refractivity contribution in [2.45, 2.75) is 0 Å². The molecule has 0 saturated carbocycles. The second-order valence-electron chi connectivity index (χ2n) is 1.06. The predicted molar refractivity (Wildman–Crippen MR) is 25.8 cm³/mol. The minimum absolute atomic E-state index is 1.26. The van der Waals surface area contributed by atoms with E-state index in [2.05, 4.69) is 15.2 Å². The van der Waals surface area contributed by atoms with Gasteiger partial charge in [-0.3, -0.25) is 4.94 Å². The van der Waals surface area contributed by atoms with Crippen molar-refractivity contribution in [3.63, 3.8) is 0 Å². The third kappa shape index (κ3) is 0.887. The minimum Gasteiger partial charge on any atom is -0.251 e. The van der Waals surface area contributed by atoms with E-state index in [0.29, 0.717) is 0 Å². The van der Waals surface area contributed by atoms with Crippen molar-refractivity contribution in [1.29, 1.82) is 0 Å². The highest BCUT2D eigenvalue weighted by Crippen LogP contribution is 1.87. The number of hydrogen-bond donors (Lipinski definition) is 0. The summed E-state index contributed by atoms with van der Waals surface area (Å²) < 4.78 is 0. The van der Waals surface area contributed by atoms with Crippen LogP contribution in [-0.4, -0.2) is 24.6 Å². The summed E-state index contributed by atoms with van der Waals surface area (Å²) in [6, 6.07) is 0.